The first kappa shape index (κ1) is 16.8. The first-order chi connectivity index (χ1) is 8.77. The molecule has 8 heteroatoms. The number of hydrogen-bond donors (Lipinski definition) is 2. The molecule has 0 bridgehead atoms. The van der Waals surface area contributed by atoms with Crippen LogP contribution in [-0.4, -0.2) is 74.8 Å². The summed E-state index contributed by atoms with van der Waals surface area (Å²) < 4.78 is 26.9. The van der Waals surface area contributed by atoms with Crippen LogP contribution in [0.4, 0.5) is 0 Å². The standard InChI is InChI=1S/C11H24N4O2S2/c1-4-10(11(12)18)19(16,17)13-7-9-8-14(2)5-6-15(9)3/h9-10,13H,4-8H2,1-3H3,(H2,12,18). The fourth-order valence-corrected chi connectivity index (χ4v) is 4.13. The van der Waals surface area contributed by atoms with Crippen molar-refractivity contribution >= 4 is 27.2 Å². The molecule has 1 saturated heterocycles. The minimum absolute atomic E-state index is 0.0316. The maximum atomic E-state index is 12.1. The Labute approximate surface area is 121 Å². The van der Waals surface area contributed by atoms with Gasteiger partial charge >= 0.3 is 0 Å². The number of sulfonamides is 1. The molecule has 0 spiro atoms. The van der Waals surface area contributed by atoms with Crippen LogP contribution in [0.25, 0.3) is 0 Å². The van der Waals surface area contributed by atoms with Gasteiger partial charge in [0.2, 0.25) is 10.0 Å². The normalized spacial score (nSPS) is 24.3. The molecule has 0 aliphatic carbocycles. The Hall–Kier alpha value is -0.280. The number of piperazine rings is 1. The highest BCUT2D eigenvalue weighted by Gasteiger charge is 2.29. The van der Waals surface area contributed by atoms with Gasteiger partial charge in [0.25, 0.3) is 0 Å². The van der Waals surface area contributed by atoms with Crippen molar-refractivity contribution in [2.45, 2.75) is 24.6 Å². The summed E-state index contributed by atoms with van der Waals surface area (Å²) in [6, 6.07) is 0.178. The molecule has 0 aromatic rings. The minimum Gasteiger partial charge on any atom is -0.392 e. The molecule has 1 aliphatic heterocycles. The minimum atomic E-state index is -3.47. The summed E-state index contributed by atoms with van der Waals surface area (Å²) in [5.41, 5.74) is 5.49. The zero-order valence-corrected chi connectivity index (χ0v) is 13.4. The monoisotopic (exact) mass is 308 g/mol. The van der Waals surface area contributed by atoms with E-state index in [2.05, 4.69) is 14.5 Å². The molecule has 1 fully saturated rings. The van der Waals surface area contributed by atoms with Crippen LogP contribution < -0.4 is 10.5 Å². The van der Waals surface area contributed by atoms with E-state index in [0.717, 1.165) is 19.6 Å². The second-order valence-corrected chi connectivity index (χ2v) is 7.51. The molecule has 1 heterocycles. The largest absolute Gasteiger partial charge is 0.392 e. The Kier molecular flexibility index (Phi) is 6.13. The lowest BCUT2D eigenvalue weighted by Crippen LogP contribution is -2.55. The molecular weight excluding hydrogens is 284 g/mol. The fraction of sp³-hybridized carbons (Fsp3) is 0.909. The van der Waals surface area contributed by atoms with Gasteiger partial charge in [-0.05, 0) is 20.5 Å². The van der Waals surface area contributed by atoms with Crippen molar-refractivity contribution < 1.29 is 8.42 Å². The molecule has 2 atom stereocenters. The molecule has 1 aliphatic rings. The molecule has 19 heavy (non-hydrogen) atoms. The quantitative estimate of drug-likeness (QED) is 0.627. The summed E-state index contributed by atoms with van der Waals surface area (Å²) in [6.07, 6.45) is 0.394. The van der Waals surface area contributed by atoms with Crippen LogP contribution in [0.1, 0.15) is 13.3 Å². The zero-order valence-electron chi connectivity index (χ0n) is 11.8. The number of thiocarbonyl (C=S) groups is 1. The van der Waals surface area contributed by atoms with E-state index in [0.29, 0.717) is 13.0 Å². The van der Waals surface area contributed by atoms with E-state index < -0.39 is 15.3 Å². The lowest BCUT2D eigenvalue weighted by molar-refractivity contribution is 0.117. The summed E-state index contributed by atoms with van der Waals surface area (Å²) in [6.45, 7) is 4.95. The second kappa shape index (κ2) is 6.94. The Morgan fingerprint density at radius 2 is 2.11 bits per heavy atom. The van der Waals surface area contributed by atoms with Crippen molar-refractivity contribution in [2.75, 3.05) is 40.3 Å². The van der Waals surface area contributed by atoms with Crippen LogP contribution >= 0.6 is 12.2 Å². The van der Waals surface area contributed by atoms with Crippen molar-refractivity contribution in [3.05, 3.63) is 0 Å². The van der Waals surface area contributed by atoms with E-state index in [-0.39, 0.29) is 11.0 Å². The molecule has 0 radical (unpaired) electrons. The highest BCUT2D eigenvalue weighted by atomic mass is 32.2. The zero-order chi connectivity index (χ0) is 14.6. The number of nitrogens with one attached hydrogen (secondary N) is 1. The Bertz CT molecular complexity index is 413. The average molecular weight is 308 g/mol. The molecule has 2 unspecified atom stereocenters. The number of nitrogens with zero attached hydrogens (tertiary/aromatic N) is 2. The molecule has 0 aromatic heterocycles. The van der Waals surface area contributed by atoms with Crippen molar-refractivity contribution in [2.24, 2.45) is 5.73 Å². The molecule has 0 aromatic carbocycles. The molecule has 6 nitrogen and oxygen atoms in total. The van der Waals surface area contributed by atoms with Gasteiger partial charge in [-0.15, -0.1) is 0 Å². The van der Waals surface area contributed by atoms with Gasteiger partial charge in [-0.1, -0.05) is 19.1 Å². The van der Waals surface area contributed by atoms with E-state index >= 15 is 0 Å². The molecule has 0 saturated carbocycles. The van der Waals surface area contributed by atoms with E-state index in [1.54, 1.807) is 6.92 Å². The Morgan fingerprint density at radius 1 is 1.47 bits per heavy atom. The topological polar surface area (TPSA) is 78.7 Å². The van der Waals surface area contributed by atoms with Gasteiger partial charge in [0.1, 0.15) is 5.25 Å². The van der Waals surface area contributed by atoms with Gasteiger partial charge < -0.3 is 10.6 Å². The van der Waals surface area contributed by atoms with Gasteiger partial charge in [0, 0.05) is 32.2 Å². The van der Waals surface area contributed by atoms with Crippen LogP contribution in [0.3, 0.4) is 0 Å². The number of nitrogens with two attached hydrogens (primary N) is 1. The number of hydrogen-bond acceptors (Lipinski definition) is 5. The summed E-state index contributed by atoms with van der Waals surface area (Å²) >= 11 is 4.82. The highest BCUT2D eigenvalue weighted by Crippen LogP contribution is 2.08. The van der Waals surface area contributed by atoms with Crippen LogP contribution in [-0.2, 0) is 10.0 Å². The molecule has 1 rings (SSSR count). The SMILES string of the molecule is CCC(C(N)=S)S(=O)(=O)NCC1CN(C)CCN1C. The molecule has 3 N–H and O–H groups in total. The smallest absolute Gasteiger partial charge is 0.221 e. The highest BCUT2D eigenvalue weighted by molar-refractivity contribution is 7.93. The fourth-order valence-electron chi connectivity index (χ4n) is 2.21. The maximum Gasteiger partial charge on any atom is 0.221 e. The summed E-state index contributed by atoms with van der Waals surface area (Å²) in [4.78, 5) is 4.40. The second-order valence-electron chi connectivity index (χ2n) is 5.09. The summed E-state index contributed by atoms with van der Waals surface area (Å²) in [5.74, 6) is 0. The lowest BCUT2D eigenvalue weighted by Gasteiger charge is -2.37. The number of likely N-dealkylation sites (N-methyl/N-ethyl adjacent to an activating group) is 2. The summed E-state index contributed by atoms with van der Waals surface area (Å²) in [7, 11) is 0.577. The van der Waals surface area contributed by atoms with Crippen molar-refractivity contribution in [1.82, 2.24) is 14.5 Å². The Morgan fingerprint density at radius 3 is 2.63 bits per heavy atom. The predicted octanol–water partition coefficient (Wildman–Crippen LogP) is -0.784. The first-order valence-corrected chi connectivity index (χ1v) is 8.40. The van der Waals surface area contributed by atoms with Gasteiger partial charge in [0.15, 0.2) is 0 Å². The molecular formula is C11H24N4O2S2. The molecule has 0 amide bonds. The van der Waals surface area contributed by atoms with Gasteiger partial charge in [0.05, 0.1) is 4.99 Å². The summed E-state index contributed by atoms with van der Waals surface area (Å²) in [5, 5.41) is -0.783. The van der Waals surface area contributed by atoms with Gasteiger partial charge in [-0.25, -0.2) is 13.1 Å². The third kappa shape index (κ3) is 4.64. The van der Waals surface area contributed by atoms with E-state index in [1.807, 2.05) is 14.1 Å². The maximum absolute atomic E-state index is 12.1. The van der Waals surface area contributed by atoms with Crippen molar-refractivity contribution in [3.8, 4) is 0 Å². The number of rotatable bonds is 6. The van der Waals surface area contributed by atoms with E-state index in [4.69, 9.17) is 18.0 Å². The average Bonchev–Trinajstić information content (AvgIpc) is 2.30. The van der Waals surface area contributed by atoms with Crippen LogP contribution in [0.15, 0.2) is 0 Å². The Balaban J connectivity index is 2.61. The van der Waals surface area contributed by atoms with E-state index in [1.165, 1.54) is 0 Å². The van der Waals surface area contributed by atoms with Crippen LogP contribution in [0.2, 0.25) is 0 Å². The van der Waals surface area contributed by atoms with Gasteiger partial charge in [-0.2, -0.15) is 0 Å². The lowest BCUT2D eigenvalue weighted by atomic mass is 10.2. The predicted molar refractivity (Wildman–Crippen MR) is 81.7 cm³/mol. The first-order valence-electron chi connectivity index (χ1n) is 6.44. The third-order valence-corrected chi connectivity index (χ3v) is 5.90. The third-order valence-electron chi connectivity index (χ3n) is 3.56. The molecule has 112 valence electrons. The van der Waals surface area contributed by atoms with Crippen molar-refractivity contribution in [1.29, 1.82) is 0 Å². The van der Waals surface area contributed by atoms with Crippen LogP contribution in [0, 0.1) is 0 Å². The van der Waals surface area contributed by atoms with Crippen molar-refractivity contribution in [3.63, 3.8) is 0 Å². The van der Waals surface area contributed by atoms with Crippen LogP contribution in [0.5, 0.6) is 0 Å². The van der Waals surface area contributed by atoms with E-state index in [9.17, 15) is 8.42 Å². The van der Waals surface area contributed by atoms with Gasteiger partial charge in [-0.3, -0.25) is 4.90 Å².